The molecule has 5 N–H and O–H groups in total. The van der Waals surface area contributed by atoms with E-state index in [1.165, 1.54) is 20.3 Å². The summed E-state index contributed by atoms with van der Waals surface area (Å²) in [7, 11) is 0. The highest BCUT2D eigenvalue weighted by Crippen LogP contribution is 2.47. The van der Waals surface area contributed by atoms with Crippen LogP contribution >= 0.6 is 0 Å². The predicted octanol–water partition coefficient (Wildman–Crippen LogP) is 6.42. The zero-order chi connectivity index (χ0) is 40.3. The van der Waals surface area contributed by atoms with Gasteiger partial charge in [-0.05, 0) is 162 Å². The van der Waals surface area contributed by atoms with Crippen LogP contribution in [-0.2, 0) is 0 Å². The minimum Gasteiger partial charge on any atom is -0.336 e. The topological polar surface area (TPSA) is 159 Å². The zero-order valence-electron chi connectivity index (χ0n) is 35.7. The van der Waals surface area contributed by atoms with Crippen molar-refractivity contribution in [3.63, 3.8) is 0 Å². The highest BCUT2D eigenvalue weighted by atomic mass is 16.5. The standard InChI is InChI=1S/C39H73N9O5/c1-32(2)17-25(18-33(3,4)45(32)50)43(26-19-34(5,6)46(51)35(7,8)20-26)29-40-30(42-31(49)41-29)44(27-21-36(9,10)47(52)37(11,12)22-27)28-23-38(13,14)48(53)39(15,16)24-28/h25-28,50-53H,17-24H2,1-16H3,(H,40,41,42,49). The molecular weight excluding hydrogens is 674 g/mol. The maximum atomic E-state index is 14.0. The van der Waals surface area contributed by atoms with Gasteiger partial charge in [0, 0.05) is 68.5 Å². The molecule has 4 saturated heterocycles. The minimum atomic E-state index is -0.575. The molecule has 0 saturated carbocycles. The summed E-state index contributed by atoms with van der Waals surface area (Å²) in [6, 6.07) is -0.468. The number of nitrogens with one attached hydrogen (secondary N) is 1. The molecule has 0 spiro atoms. The number of piperidine rings is 4. The molecule has 1 aromatic heterocycles. The zero-order valence-corrected chi connectivity index (χ0v) is 35.7. The Morgan fingerprint density at radius 2 is 0.679 bits per heavy atom. The predicted molar refractivity (Wildman–Crippen MR) is 207 cm³/mol. The number of H-pyrrole nitrogens is 1. The van der Waals surface area contributed by atoms with Gasteiger partial charge in [0.1, 0.15) is 0 Å². The SMILES string of the molecule is CC1(C)CC(N(c2nc(N(C3CC(C)(C)N(O)C(C)(C)C3)C3CC(C)(C)N(O)C(C)(C)C3)[nH]c(=O)n2)C2CC(C)(C)N(O)C(C)(C)C2)CC(C)(C)N1O. The minimum absolute atomic E-state index is 0.108. The molecule has 14 nitrogen and oxygen atoms in total. The van der Waals surface area contributed by atoms with Crippen LogP contribution in [0.4, 0.5) is 11.9 Å². The van der Waals surface area contributed by atoms with Crippen molar-refractivity contribution in [2.24, 2.45) is 0 Å². The number of hydrogen-bond acceptors (Lipinski definition) is 13. The maximum Gasteiger partial charge on any atom is 0.351 e. The number of aromatic nitrogens is 3. The third kappa shape index (κ3) is 7.77. The highest BCUT2D eigenvalue weighted by Gasteiger charge is 2.55. The van der Waals surface area contributed by atoms with Crippen molar-refractivity contribution in [1.29, 1.82) is 0 Å². The fourth-order valence-corrected chi connectivity index (χ4v) is 11.5. The van der Waals surface area contributed by atoms with Gasteiger partial charge < -0.3 is 30.6 Å². The molecule has 14 heteroatoms. The number of rotatable bonds is 6. The van der Waals surface area contributed by atoms with Crippen LogP contribution in [0.25, 0.3) is 0 Å². The van der Waals surface area contributed by atoms with E-state index in [9.17, 15) is 25.6 Å². The summed E-state index contributed by atoms with van der Waals surface area (Å²) in [6.45, 7) is 32.7. The lowest BCUT2D eigenvalue weighted by Gasteiger charge is -2.59. The van der Waals surface area contributed by atoms with Crippen LogP contribution in [0.2, 0.25) is 0 Å². The Balaban J connectivity index is 1.72. The molecule has 53 heavy (non-hydrogen) atoms. The Labute approximate surface area is 318 Å². The van der Waals surface area contributed by atoms with Gasteiger partial charge in [0.05, 0.1) is 0 Å². The van der Waals surface area contributed by atoms with Crippen LogP contribution in [-0.4, -0.2) is 125 Å². The summed E-state index contributed by atoms with van der Waals surface area (Å²) in [5.41, 5.74) is -5.07. The third-order valence-corrected chi connectivity index (χ3v) is 13.1. The van der Waals surface area contributed by atoms with Gasteiger partial charge in [-0.1, -0.05) is 0 Å². The molecule has 0 atom stereocenters. The molecule has 304 valence electrons. The van der Waals surface area contributed by atoms with Crippen LogP contribution in [0.5, 0.6) is 0 Å². The molecule has 5 heterocycles. The van der Waals surface area contributed by atoms with E-state index in [2.05, 4.69) is 19.8 Å². The van der Waals surface area contributed by atoms with Gasteiger partial charge in [0.15, 0.2) is 0 Å². The summed E-state index contributed by atoms with van der Waals surface area (Å²) in [5.74, 6) is 0.781. The molecule has 0 radical (unpaired) electrons. The van der Waals surface area contributed by atoms with Gasteiger partial charge >= 0.3 is 5.69 Å². The average molecular weight is 748 g/mol. The number of hydroxylamine groups is 8. The van der Waals surface area contributed by atoms with Crippen molar-refractivity contribution in [2.75, 3.05) is 9.80 Å². The summed E-state index contributed by atoms with van der Waals surface area (Å²) >= 11 is 0. The molecule has 4 fully saturated rings. The van der Waals surface area contributed by atoms with Gasteiger partial charge in [0.2, 0.25) is 11.9 Å². The van der Waals surface area contributed by atoms with Crippen LogP contribution in [0.3, 0.4) is 0 Å². The Kier molecular flexibility index (Phi) is 10.4. The molecule has 0 bridgehead atoms. The van der Waals surface area contributed by atoms with Crippen molar-refractivity contribution in [2.45, 2.75) is 231 Å². The highest BCUT2D eigenvalue weighted by molar-refractivity contribution is 5.44. The molecule has 4 aliphatic rings. The summed E-state index contributed by atoms with van der Waals surface area (Å²) < 4.78 is 0. The first-order valence-electron chi connectivity index (χ1n) is 19.8. The average Bonchev–Trinajstić information content (AvgIpc) is 2.95. The molecule has 0 unspecified atom stereocenters. The molecule has 0 aromatic carbocycles. The molecule has 1 aromatic rings. The second-order valence-electron chi connectivity index (χ2n) is 22.1. The maximum absolute atomic E-state index is 14.0. The molecular formula is C39H73N9O5. The lowest BCUT2D eigenvalue weighted by atomic mass is 9.74. The fourth-order valence-electron chi connectivity index (χ4n) is 11.5. The summed E-state index contributed by atoms with van der Waals surface area (Å²) in [6.07, 6.45) is 4.90. The number of anilines is 2. The smallest absolute Gasteiger partial charge is 0.336 e. The van der Waals surface area contributed by atoms with Crippen molar-refractivity contribution in [1.82, 2.24) is 35.2 Å². The first-order valence-corrected chi connectivity index (χ1v) is 19.8. The van der Waals surface area contributed by atoms with E-state index in [0.717, 1.165) is 0 Å². The van der Waals surface area contributed by atoms with Gasteiger partial charge in [0.25, 0.3) is 0 Å². The third-order valence-electron chi connectivity index (χ3n) is 13.1. The Morgan fingerprint density at radius 1 is 0.453 bits per heavy atom. The second kappa shape index (κ2) is 13.1. The Morgan fingerprint density at radius 3 is 0.925 bits per heavy atom. The largest absolute Gasteiger partial charge is 0.351 e. The monoisotopic (exact) mass is 748 g/mol. The van der Waals surface area contributed by atoms with E-state index < -0.39 is 50.0 Å². The van der Waals surface area contributed by atoms with Crippen LogP contribution in [0.15, 0.2) is 4.79 Å². The van der Waals surface area contributed by atoms with Gasteiger partial charge in [-0.2, -0.15) is 30.2 Å². The quantitative estimate of drug-likeness (QED) is 0.217. The Hall–Kier alpha value is -1.91. The van der Waals surface area contributed by atoms with Gasteiger partial charge in [-0.15, -0.1) is 0 Å². The van der Waals surface area contributed by atoms with E-state index >= 15 is 0 Å². The van der Waals surface area contributed by atoms with E-state index in [-0.39, 0.29) is 24.2 Å². The number of nitrogens with zero attached hydrogens (tertiary/aromatic N) is 8. The first kappa shape index (κ1) is 42.2. The normalized spacial score (nSPS) is 29.6. The van der Waals surface area contributed by atoms with Crippen LogP contribution in [0, 0.1) is 0 Å². The van der Waals surface area contributed by atoms with Gasteiger partial charge in [-0.25, -0.2) is 4.79 Å². The molecule has 0 aliphatic carbocycles. The number of aromatic amines is 1. The van der Waals surface area contributed by atoms with Crippen molar-refractivity contribution >= 4 is 11.9 Å². The lowest BCUT2D eigenvalue weighted by molar-refractivity contribution is -0.251. The Bertz CT molecular complexity index is 1300. The first-order chi connectivity index (χ1) is 23.7. The summed E-state index contributed by atoms with van der Waals surface area (Å²) in [4.78, 5) is 31.7. The van der Waals surface area contributed by atoms with Crippen LogP contribution < -0.4 is 15.5 Å². The van der Waals surface area contributed by atoms with Crippen molar-refractivity contribution in [3.8, 4) is 0 Å². The molecule has 0 amide bonds. The molecule has 5 rings (SSSR count). The van der Waals surface area contributed by atoms with E-state index in [1.54, 1.807) is 0 Å². The van der Waals surface area contributed by atoms with E-state index in [0.29, 0.717) is 63.3 Å². The molecule has 4 aliphatic heterocycles. The van der Waals surface area contributed by atoms with E-state index in [1.807, 2.05) is 111 Å². The fraction of sp³-hybridized carbons (Fsp3) is 0.923. The summed E-state index contributed by atoms with van der Waals surface area (Å²) in [5, 5.41) is 51.3. The second-order valence-corrected chi connectivity index (χ2v) is 22.1. The van der Waals surface area contributed by atoms with E-state index in [4.69, 9.17) is 4.98 Å². The number of hydrogen-bond donors (Lipinski definition) is 5. The lowest BCUT2D eigenvalue weighted by Crippen LogP contribution is -2.68. The van der Waals surface area contributed by atoms with Gasteiger partial charge in [-0.3, -0.25) is 4.98 Å². The van der Waals surface area contributed by atoms with Crippen LogP contribution in [0.1, 0.15) is 162 Å². The van der Waals surface area contributed by atoms with Crippen molar-refractivity contribution < 1.29 is 20.8 Å². The van der Waals surface area contributed by atoms with Crippen molar-refractivity contribution in [3.05, 3.63) is 10.5 Å².